The van der Waals surface area contributed by atoms with Gasteiger partial charge in [0.15, 0.2) is 0 Å². The lowest BCUT2D eigenvalue weighted by atomic mass is 10.1. The second kappa shape index (κ2) is 7.76. The average molecular weight is 318 g/mol. The first-order valence-electron chi connectivity index (χ1n) is 7.81. The normalized spacial score (nSPS) is 15.7. The van der Waals surface area contributed by atoms with Crippen molar-refractivity contribution in [1.82, 2.24) is 10.2 Å². The largest absolute Gasteiger partial charge is 0.497 e. The summed E-state index contributed by atoms with van der Waals surface area (Å²) in [6.45, 7) is 3.03. The molecule has 0 aliphatic carbocycles. The molecule has 6 heteroatoms. The third-order valence-corrected chi connectivity index (χ3v) is 3.94. The van der Waals surface area contributed by atoms with Gasteiger partial charge in [0, 0.05) is 18.7 Å². The van der Waals surface area contributed by atoms with E-state index in [-0.39, 0.29) is 11.5 Å². The van der Waals surface area contributed by atoms with Gasteiger partial charge in [0.1, 0.15) is 11.8 Å². The average Bonchev–Trinajstić information content (AvgIpc) is 2.61. The van der Waals surface area contributed by atoms with Gasteiger partial charge in [-0.15, -0.1) is 0 Å². The minimum absolute atomic E-state index is 0.138. The van der Waals surface area contributed by atoms with Gasteiger partial charge in [-0.05, 0) is 50.5 Å². The molecule has 2 rings (SSSR count). The van der Waals surface area contributed by atoms with Crippen LogP contribution in [0.3, 0.4) is 0 Å². The Morgan fingerprint density at radius 1 is 1.09 bits per heavy atom. The first kappa shape index (κ1) is 17.0. The molecule has 1 saturated heterocycles. The Labute approximate surface area is 135 Å². The second-order valence-electron chi connectivity index (χ2n) is 5.64. The van der Waals surface area contributed by atoms with Gasteiger partial charge in [0.05, 0.1) is 7.11 Å². The number of nitrogens with one attached hydrogen (secondary N) is 1. The molecule has 0 aromatic heterocycles. The van der Waals surface area contributed by atoms with E-state index in [2.05, 4.69) is 5.32 Å². The monoisotopic (exact) mass is 318 g/mol. The molecule has 1 atom stereocenters. The molecule has 0 radical (unpaired) electrons. The van der Waals surface area contributed by atoms with E-state index < -0.39 is 17.7 Å². The van der Waals surface area contributed by atoms with Crippen LogP contribution >= 0.6 is 0 Å². The highest BCUT2D eigenvalue weighted by molar-refractivity contribution is 6.43. The number of carbonyl (C=O) groups excluding carboxylic acids is 3. The van der Waals surface area contributed by atoms with Crippen molar-refractivity contribution in [3.05, 3.63) is 29.8 Å². The number of ketones is 1. The van der Waals surface area contributed by atoms with Crippen molar-refractivity contribution < 1.29 is 19.1 Å². The van der Waals surface area contributed by atoms with Crippen molar-refractivity contribution in [3.8, 4) is 5.75 Å². The van der Waals surface area contributed by atoms with Crippen LogP contribution < -0.4 is 10.1 Å². The van der Waals surface area contributed by atoms with Crippen LogP contribution in [0.15, 0.2) is 24.3 Å². The number of likely N-dealkylation sites (tertiary alicyclic amines) is 1. The van der Waals surface area contributed by atoms with Gasteiger partial charge in [-0.2, -0.15) is 0 Å². The highest BCUT2D eigenvalue weighted by Gasteiger charge is 2.26. The number of methoxy groups -OCH3 is 1. The summed E-state index contributed by atoms with van der Waals surface area (Å²) in [6.07, 6.45) is 3.09. The van der Waals surface area contributed by atoms with Crippen molar-refractivity contribution >= 4 is 17.6 Å². The zero-order valence-corrected chi connectivity index (χ0v) is 13.5. The van der Waals surface area contributed by atoms with E-state index in [1.54, 1.807) is 24.0 Å². The van der Waals surface area contributed by atoms with Gasteiger partial charge in [-0.1, -0.05) is 0 Å². The quantitative estimate of drug-likeness (QED) is 0.657. The zero-order valence-electron chi connectivity index (χ0n) is 13.5. The molecular weight excluding hydrogens is 296 g/mol. The van der Waals surface area contributed by atoms with E-state index in [0.29, 0.717) is 18.8 Å². The standard InChI is InChI=1S/C17H22N2O4/c1-12(17(22)19-10-4-3-5-11-19)18-16(21)15(20)13-6-8-14(23-2)9-7-13/h6-9,12H,3-5,10-11H2,1-2H3,(H,18,21)/t12-/m0/s1. The fourth-order valence-electron chi connectivity index (χ4n) is 2.59. The van der Waals surface area contributed by atoms with Crippen molar-refractivity contribution in [3.63, 3.8) is 0 Å². The Bertz CT molecular complexity index is 577. The molecular formula is C17H22N2O4. The summed E-state index contributed by atoms with van der Waals surface area (Å²) in [7, 11) is 1.53. The van der Waals surface area contributed by atoms with E-state index >= 15 is 0 Å². The second-order valence-corrected chi connectivity index (χ2v) is 5.64. The van der Waals surface area contributed by atoms with Crippen LogP contribution in [-0.2, 0) is 9.59 Å². The van der Waals surface area contributed by atoms with Crippen LogP contribution in [0.1, 0.15) is 36.5 Å². The molecule has 23 heavy (non-hydrogen) atoms. The maximum absolute atomic E-state index is 12.3. The number of rotatable bonds is 5. The van der Waals surface area contributed by atoms with Gasteiger partial charge in [-0.3, -0.25) is 14.4 Å². The van der Waals surface area contributed by atoms with Crippen molar-refractivity contribution in [2.75, 3.05) is 20.2 Å². The number of amides is 2. The summed E-state index contributed by atoms with van der Waals surface area (Å²) in [6, 6.07) is 5.57. The van der Waals surface area contributed by atoms with Crippen LogP contribution in [-0.4, -0.2) is 48.7 Å². The molecule has 6 nitrogen and oxygen atoms in total. The number of carbonyl (C=O) groups is 3. The van der Waals surface area contributed by atoms with Gasteiger partial charge in [0.2, 0.25) is 11.7 Å². The molecule has 1 aromatic rings. The number of hydrogen-bond donors (Lipinski definition) is 1. The maximum atomic E-state index is 12.3. The van der Waals surface area contributed by atoms with E-state index in [9.17, 15) is 14.4 Å². The summed E-state index contributed by atoms with van der Waals surface area (Å²) in [4.78, 5) is 38.1. The molecule has 0 spiro atoms. The number of nitrogens with zero attached hydrogens (tertiary/aromatic N) is 1. The highest BCUT2D eigenvalue weighted by atomic mass is 16.5. The molecule has 0 bridgehead atoms. The molecule has 0 saturated carbocycles. The lowest BCUT2D eigenvalue weighted by Crippen LogP contribution is -2.49. The Kier molecular flexibility index (Phi) is 5.73. The van der Waals surface area contributed by atoms with E-state index in [4.69, 9.17) is 4.74 Å². The van der Waals surface area contributed by atoms with Crippen molar-refractivity contribution in [1.29, 1.82) is 0 Å². The SMILES string of the molecule is COc1ccc(C(=O)C(=O)N[C@@H](C)C(=O)N2CCCCC2)cc1. The van der Waals surface area contributed by atoms with E-state index in [1.807, 2.05) is 0 Å². The topological polar surface area (TPSA) is 75.7 Å². The maximum Gasteiger partial charge on any atom is 0.293 e. The first-order chi connectivity index (χ1) is 11.0. The molecule has 1 N–H and O–H groups in total. The molecule has 1 aromatic carbocycles. The summed E-state index contributed by atoms with van der Waals surface area (Å²) >= 11 is 0. The third-order valence-electron chi connectivity index (χ3n) is 3.94. The first-order valence-corrected chi connectivity index (χ1v) is 7.81. The number of piperidine rings is 1. The van der Waals surface area contributed by atoms with Crippen LogP contribution in [0.5, 0.6) is 5.75 Å². The van der Waals surface area contributed by atoms with E-state index in [0.717, 1.165) is 19.3 Å². The Hall–Kier alpha value is -2.37. The smallest absolute Gasteiger partial charge is 0.293 e. The summed E-state index contributed by atoms with van der Waals surface area (Å²) in [5.41, 5.74) is 0.265. The number of benzene rings is 1. The molecule has 1 aliphatic rings. The molecule has 1 aliphatic heterocycles. The van der Waals surface area contributed by atoms with Crippen molar-refractivity contribution in [2.24, 2.45) is 0 Å². The van der Waals surface area contributed by atoms with Crippen molar-refractivity contribution in [2.45, 2.75) is 32.2 Å². The predicted molar refractivity (Wildman–Crippen MR) is 85.4 cm³/mol. The zero-order chi connectivity index (χ0) is 16.8. The molecule has 1 heterocycles. The predicted octanol–water partition coefficient (Wildman–Crippen LogP) is 1.40. The van der Waals surface area contributed by atoms with Gasteiger partial charge < -0.3 is 15.0 Å². The molecule has 1 fully saturated rings. The molecule has 0 unspecified atom stereocenters. The number of Topliss-reactive ketones (excluding diaryl/α,β-unsaturated/α-hetero) is 1. The molecule has 124 valence electrons. The molecule has 2 amide bonds. The third kappa shape index (κ3) is 4.31. The number of hydrogen-bond acceptors (Lipinski definition) is 4. The summed E-state index contributed by atoms with van der Waals surface area (Å²) in [5.74, 6) is -0.963. The number of ether oxygens (including phenoxy) is 1. The summed E-state index contributed by atoms with van der Waals surface area (Å²) in [5, 5.41) is 2.49. The fourth-order valence-corrected chi connectivity index (χ4v) is 2.59. The van der Waals surface area contributed by atoms with Crippen LogP contribution in [0, 0.1) is 0 Å². The summed E-state index contributed by atoms with van der Waals surface area (Å²) < 4.78 is 5.01. The van der Waals surface area contributed by atoms with Gasteiger partial charge >= 0.3 is 0 Å². The Morgan fingerprint density at radius 2 is 1.70 bits per heavy atom. The lowest BCUT2D eigenvalue weighted by Gasteiger charge is -2.29. The minimum Gasteiger partial charge on any atom is -0.497 e. The van der Waals surface area contributed by atoms with Crippen LogP contribution in [0.25, 0.3) is 0 Å². The Balaban J connectivity index is 1.93. The highest BCUT2D eigenvalue weighted by Crippen LogP contribution is 2.12. The fraction of sp³-hybridized carbons (Fsp3) is 0.471. The van der Waals surface area contributed by atoms with Crippen LogP contribution in [0.4, 0.5) is 0 Å². The van der Waals surface area contributed by atoms with Gasteiger partial charge in [0.25, 0.3) is 5.91 Å². The lowest BCUT2D eigenvalue weighted by molar-refractivity contribution is -0.135. The van der Waals surface area contributed by atoms with Gasteiger partial charge in [-0.25, -0.2) is 0 Å². The van der Waals surface area contributed by atoms with E-state index in [1.165, 1.54) is 19.2 Å². The Morgan fingerprint density at radius 3 is 2.26 bits per heavy atom. The minimum atomic E-state index is -0.770. The van der Waals surface area contributed by atoms with Crippen LogP contribution in [0.2, 0.25) is 0 Å².